The molecule has 0 bridgehead atoms. The van der Waals surface area contributed by atoms with Crippen LogP contribution in [-0.4, -0.2) is 85.1 Å². The van der Waals surface area contributed by atoms with Gasteiger partial charge >= 0.3 is 0 Å². The average molecular weight is 475 g/mol. The summed E-state index contributed by atoms with van der Waals surface area (Å²) >= 11 is 0. The average Bonchev–Trinajstić information content (AvgIpc) is 3.20. The van der Waals surface area contributed by atoms with E-state index in [1.54, 1.807) is 0 Å². The van der Waals surface area contributed by atoms with Crippen molar-refractivity contribution < 1.29 is 0 Å². The van der Waals surface area contributed by atoms with Crippen molar-refractivity contribution in [3.8, 4) is 0 Å². The van der Waals surface area contributed by atoms with Crippen LogP contribution >= 0.6 is 24.0 Å². The molecule has 3 heterocycles. The Bertz CT molecular complexity index is 461. The highest BCUT2D eigenvalue weighted by Crippen LogP contribution is 2.31. The van der Waals surface area contributed by atoms with Crippen LogP contribution in [0.2, 0.25) is 0 Å². The molecule has 4 rings (SSSR count). The number of likely N-dealkylation sites (tertiary alicyclic amines) is 3. The van der Waals surface area contributed by atoms with Gasteiger partial charge in [-0.15, -0.1) is 24.0 Å². The number of nitrogens with zero attached hydrogens (tertiary/aromatic N) is 4. The Morgan fingerprint density at radius 2 is 1.69 bits per heavy atom. The summed E-state index contributed by atoms with van der Waals surface area (Å²) < 4.78 is 0. The van der Waals surface area contributed by atoms with Crippen LogP contribution < -0.4 is 5.32 Å². The van der Waals surface area contributed by atoms with E-state index in [1.807, 2.05) is 0 Å². The van der Waals surface area contributed by atoms with E-state index in [0.717, 1.165) is 31.1 Å². The molecule has 6 heteroatoms. The fourth-order valence-electron chi connectivity index (χ4n) is 4.94. The third kappa shape index (κ3) is 5.25. The Labute approximate surface area is 177 Å². The van der Waals surface area contributed by atoms with E-state index in [4.69, 9.17) is 4.99 Å². The largest absolute Gasteiger partial charge is 0.357 e. The van der Waals surface area contributed by atoms with Crippen molar-refractivity contribution in [2.75, 3.05) is 52.4 Å². The molecule has 3 saturated heterocycles. The minimum Gasteiger partial charge on any atom is -0.357 e. The van der Waals surface area contributed by atoms with Crippen molar-refractivity contribution in [1.82, 2.24) is 20.0 Å². The molecule has 4 fully saturated rings. The predicted octanol–water partition coefficient (Wildman–Crippen LogP) is 2.61. The molecule has 1 N–H and O–H groups in total. The highest BCUT2D eigenvalue weighted by Gasteiger charge is 2.34. The van der Waals surface area contributed by atoms with E-state index in [0.29, 0.717) is 0 Å². The predicted molar refractivity (Wildman–Crippen MR) is 119 cm³/mol. The van der Waals surface area contributed by atoms with Gasteiger partial charge in [-0.2, -0.15) is 0 Å². The van der Waals surface area contributed by atoms with Gasteiger partial charge in [-0.3, -0.25) is 9.89 Å². The van der Waals surface area contributed by atoms with Crippen molar-refractivity contribution in [3.05, 3.63) is 0 Å². The summed E-state index contributed by atoms with van der Waals surface area (Å²) in [6.45, 7) is 11.7. The van der Waals surface area contributed by atoms with E-state index in [2.05, 4.69) is 26.9 Å². The van der Waals surface area contributed by atoms with Gasteiger partial charge in [-0.25, -0.2) is 0 Å². The number of piperidine rings is 1. The summed E-state index contributed by atoms with van der Waals surface area (Å²) in [7, 11) is 0. The zero-order valence-corrected chi connectivity index (χ0v) is 18.9. The van der Waals surface area contributed by atoms with Crippen molar-refractivity contribution in [3.63, 3.8) is 0 Å². The molecule has 0 aromatic heterocycles. The third-order valence-corrected chi connectivity index (χ3v) is 6.58. The molecule has 5 nitrogen and oxygen atoms in total. The Kier molecular flexibility index (Phi) is 7.88. The number of hydrogen-bond acceptors (Lipinski definition) is 3. The maximum absolute atomic E-state index is 5.06. The van der Waals surface area contributed by atoms with E-state index in [1.165, 1.54) is 90.2 Å². The Balaban J connectivity index is 0.00000196. The minimum atomic E-state index is 0. The highest BCUT2D eigenvalue weighted by atomic mass is 127. The van der Waals surface area contributed by atoms with Gasteiger partial charge in [-0.05, 0) is 71.0 Å². The molecule has 26 heavy (non-hydrogen) atoms. The smallest absolute Gasteiger partial charge is 0.193 e. The fourth-order valence-corrected chi connectivity index (χ4v) is 4.94. The first-order valence-electron chi connectivity index (χ1n) is 10.8. The maximum atomic E-state index is 5.06. The Hall–Kier alpha value is -0.0800. The lowest BCUT2D eigenvalue weighted by Gasteiger charge is -2.32. The maximum Gasteiger partial charge on any atom is 0.193 e. The zero-order chi connectivity index (χ0) is 17.1. The minimum absolute atomic E-state index is 0. The zero-order valence-electron chi connectivity index (χ0n) is 16.5. The van der Waals surface area contributed by atoms with E-state index in [-0.39, 0.29) is 24.0 Å². The Morgan fingerprint density at radius 3 is 2.42 bits per heavy atom. The fraction of sp³-hybridized carbons (Fsp3) is 0.950. The molecule has 0 aromatic rings. The standard InChI is InChI=1S/C20H37N5.HI/c1-2-21-20(22-14-17-8-12-24(15-17)18-6-7-18)25-13-9-19(16-25)23-10-4-3-5-11-23;/h17-19H,2-16H2,1H3,(H,21,22);1H. The molecular weight excluding hydrogens is 437 g/mol. The molecule has 2 atom stereocenters. The molecule has 2 unspecified atom stereocenters. The van der Waals surface area contributed by atoms with Crippen LogP contribution in [0.1, 0.15) is 51.9 Å². The molecule has 0 radical (unpaired) electrons. The molecule has 150 valence electrons. The quantitative estimate of drug-likeness (QED) is 0.377. The van der Waals surface area contributed by atoms with Crippen LogP contribution in [0.4, 0.5) is 0 Å². The van der Waals surface area contributed by atoms with Crippen molar-refractivity contribution in [1.29, 1.82) is 0 Å². The van der Waals surface area contributed by atoms with Crippen LogP contribution in [0, 0.1) is 5.92 Å². The van der Waals surface area contributed by atoms with Gasteiger partial charge in [0.25, 0.3) is 0 Å². The number of hydrogen-bond donors (Lipinski definition) is 1. The van der Waals surface area contributed by atoms with Gasteiger partial charge in [0.1, 0.15) is 0 Å². The molecular formula is C20H38IN5. The first-order valence-corrected chi connectivity index (χ1v) is 10.8. The summed E-state index contributed by atoms with van der Waals surface area (Å²) in [5, 5.41) is 3.56. The Morgan fingerprint density at radius 1 is 0.885 bits per heavy atom. The lowest BCUT2D eigenvalue weighted by Crippen LogP contribution is -2.44. The van der Waals surface area contributed by atoms with E-state index in [9.17, 15) is 0 Å². The lowest BCUT2D eigenvalue weighted by molar-refractivity contribution is 0.168. The summed E-state index contributed by atoms with van der Waals surface area (Å²) in [6, 6.07) is 1.67. The third-order valence-electron chi connectivity index (χ3n) is 6.58. The van der Waals surface area contributed by atoms with Crippen LogP contribution in [0.15, 0.2) is 4.99 Å². The molecule has 0 amide bonds. The molecule has 4 aliphatic rings. The normalized spacial score (nSPS) is 31.3. The SMILES string of the molecule is CCNC(=NCC1CCN(C2CC2)C1)N1CCC(N2CCCCC2)C1.I. The van der Waals surface area contributed by atoms with Crippen molar-refractivity contribution in [2.45, 2.75) is 64.0 Å². The van der Waals surface area contributed by atoms with E-state index >= 15 is 0 Å². The van der Waals surface area contributed by atoms with Gasteiger partial charge in [0.05, 0.1) is 0 Å². The van der Waals surface area contributed by atoms with Gasteiger partial charge in [0.15, 0.2) is 5.96 Å². The van der Waals surface area contributed by atoms with Crippen LogP contribution in [0.25, 0.3) is 0 Å². The topological polar surface area (TPSA) is 34.1 Å². The second-order valence-corrected chi connectivity index (χ2v) is 8.56. The highest BCUT2D eigenvalue weighted by molar-refractivity contribution is 14.0. The van der Waals surface area contributed by atoms with E-state index < -0.39 is 0 Å². The molecule has 1 saturated carbocycles. The number of halogens is 1. The number of nitrogens with one attached hydrogen (secondary N) is 1. The van der Waals surface area contributed by atoms with Crippen LogP contribution in [0.3, 0.4) is 0 Å². The lowest BCUT2D eigenvalue weighted by atomic mass is 10.1. The summed E-state index contributed by atoms with van der Waals surface area (Å²) in [4.78, 5) is 13.0. The molecule has 0 spiro atoms. The first kappa shape index (κ1) is 20.6. The van der Waals surface area contributed by atoms with Gasteiger partial charge in [-0.1, -0.05) is 6.42 Å². The first-order chi connectivity index (χ1) is 12.3. The van der Waals surface area contributed by atoms with Crippen molar-refractivity contribution in [2.24, 2.45) is 10.9 Å². The van der Waals surface area contributed by atoms with Crippen LogP contribution in [0.5, 0.6) is 0 Å². The number of rotatable bonds is 5. The monoisotopic (exact) mass is 475 g/mol. The summed E-state index contributed by atoms with van der Waals surface area (Å²) in [5.41, 5.74) is 0. The van der Waals surface area contributed by atoms with Gasteiger partial charge in [0.2, 0.25) is 0 Å². The molecule has 1 aliphatic carbocycles. The summed E-state index contributed by atoms with van der Waals surface area (Å²) in [5.74, 6) is 1.95. The van der Waals surface area contributed by atoms with Gasteiger partial charge < -0.3 is 15.1 Å². The second kappa shape index (κ2) is 9.92. The summed E-state index contributed by atoms with van der Waals surface area (Å²) in [6.07, 6.45) is 9.73. The van der Waals surface area contributed by atoms with Crippen LogP contribution in [-0.2, 0) is 0 Å². The second-order valence-electron chi connectivity index (χ2n) is 8.56. The number of guanidine groups is 1. The molecule has 0 aromatic carbocycles. The van der Waals surface area contributed by atoms with Gasteiger partial charge in [0, 0.05) is 44.8 Å². The van der Waals surface area contributed by atoms with Crippen molar-refractivity contribution >= 4 is 29.9 Å². The number of aliphatic imine (C=N–C) groups is 1. The molecule has 3 aliphatic heterocycles.